The zero-order valence-electron chi connectivity index (χ0n) is 55.9. The number of benzene rings is 13. The normalized spacial score (nSPS) is 13.9. The van der Waals surface area contributed by atoms with Crippen LogP contribution in [-0.4, -0.2) is 49.0 Å². The molecule has 12 heteroatoms. The smallest absolute Gasteiger partial charge is 0.163 e. The molecular formula is C92H58N12. The van der Waals surface area contributed by atoms with Crippen LogP contribution in [-0.2, 0) is 0 Å². The van der Waals surface area contributed by atoms with Gasteiger partial charge in [-0.3, -0.25) is 9.97 Å². The van der Waals surface area contributed by atoms with Crippen LogP contribution in [0.3, 0.4) is 0 Å². The Morgan fingerprint density at radius 2 is 0.548 bits per heavy atom. The van der Waals surface area contributed by atoms with Gasteiger partial charge in [-0.2, -0.15) is 0 Å². The van der Waals surface area contributed by atoms with Gasteiger partial charge in [0.15, 0.2) is 23.3 Å². The second kappa shape index (κ2) is 23.8. The molecule has 12 nitrogen and oxygen atoms in total. The van der Waals surface area contributed by atoms with Crippen LogP contribution < -0.4 is 9.80 Å². The summed E-state index contributed by atoms with van der Waals surface area (Å²) in [5.41, 5.74) is 20.0. The fourth-order valence-electron chi connectivity index (χ4n) is 16.4. The Bertz CT molecular complexity index is 6050. The number of hydrogen-bond acceptors (Lipinski definition) is 10. The third kappa shape index (κ3) is 9.25. The predicted octanol–water partition coefficient (Wildman–Crippen LogP) is 21.9. The fourth-order valence-corrected chi connectivity index (χ4v) is 16.4. The molecule has 0 spiro atoms. The number of nitrogens with zero attached hydrogens (tertiary/aromatic N) is 12. The quantitative estimate of drug-likeness (QED) is 0.122. The van der Waals surface area contributed by atoms with Crippen molar-refractivity contribution in [2.45, 2.75) is 11.8 Å². The van der Waals surface area contributed by atoms with E-state index in [2.05, 4.69) is 249 Å². The first-order valence-corrected chi connectivity index (χ1v) is 35.0. The van der Waals surface area contributed by atoms with Gasteiger partial charge >= 0.3 is 0 Å². The maximum Gasteiger partial charge on any atom is 0.163 e. The molecule has 0 bridgehead atoms. The Balaban J connectivity index is 0.857. The van der Waals surface area contributed by atoms with Gasteiger partial charge in [0.2, 0.25) is 0 Å². The summed E-state index contributed by atoms with van der Waals surface area (Å²) in [6.07, 6.45) is 7.59. The van der Waals surface area contributed by atoms with Crippen molar-refractivity contribution in [3.05, 3.63) is 374 Å². The molecule has 21 rings (SSSR count). The van der Waals surface area contributed by atoms with E-state index in [9.17, 15) is 0 Å². The van der Waals surface area contributed by atoms with Crippen molar-refractivity contribution in [2.75, 3.05) is 9.80 Å². The van der Waals surface area contributed by atoms with Crippen LogP contribution in [0.2, 0.25) is 0 Å². The monoisotopic (exact) mass is 1330 g/mol. The molecule has 19 aromatic rings. The van der Waals surface area contributed by atoms with Crippen molar-refractivity contribution in [3.8, 4) is 56.9 Å². The molecule has 0 amide bonds. The lowest BCUT2D eigenvalue weighted by Crippen LogP contribution is -2.25. The second-order valence-corrected chi connectivity index (χ2v) is 26.6. The number of anilines is 6. The summed E-state index contributed by atoms with van der Waals surface area (Å²) >= 11 is 0. The van der Waals surface area contributed by atoms with Crippen molar-refractivity contribution in [1.82, 2.24) is 49.0 Å². The maximum absolute atomic E-state index is 5.58. The topological polar surface area (TPSA) is 119 Å². The Hall–Kier alpha value is -14.1. The average Bonchev–Trinajstić information content (AvgIpc) is 1.03. The highest BCUT2D eigenvalue weighted by molar-refractivity contribution is 6.25. The first-order chi connectivity index (χ1) is 51.6. The number of fused-ring (bicyclic) bond motifs is 12. The summed E-state index contributed by atoms with van der Waals surface area (Å²) in [4.78, 5) is 47.3. The van der Waals surface area contributed by atoms with Gasteiger partial charge in [0.25, 0.3) is 0 Å². The summed E-state index contributed by atoms with van der Waals surface area (Å²) in [7, 11) is 0. The highest BCUT2D eigenvalue weighted by Gasteiger charge is 2.41. The first kappa shape index (κ1) is 58.8. The fraction of sp³-hybridized carbons (Fsp3) is 0.0217. The van der Waals surface area contributed by atoms with Crippen molar-refractivity contribution in [3.63, 3.8) is 0 Å². The van der Waals surface area contributed by atoms with E-state index in [-0.39, 0.29) is 0 Å². The summed E-state index contributed by atoms with van der Waals surface area (Å²) in [5.74, 6) is 2.78. The second-order valence-electron chi connectivity index (χ2n) is 26.6. The van der Waals surface area contributed by atoms with Gasteiger partial charge in [-0.1, -0.05) is 243 Å². The molecule has 6 aromatic heterocycles. The molecule has 2 aliphatic rings. The van der Waals surface area contributed by atoms with E-state index in [1.807, 2.05) is 110 Å². The van der Waals surface area contributed by atoms with Gasteiger partial charge in [-0.05, 0) is 95.1 Å². The molecule has 2 unspecified atom stereocenters. The van der Waals surface area contributed by atoms with Crippen molar-refractivity contribution in [2.24, 2.45) is 0 Å². The molecule has 0 aliphatic carbocycles. The Morgan fingerprint density at radius 3 is 0.894 bits per heavy atom. The van der Waals surface area contributed by atoms with Gasteiger partial charge in [-0.15, -0.1) is 0 Å². The van der Waals surface area contributed by atoms with Crippen LogP contribution in [0.1, 0.15) is 45.7 Å². The zero-order valence-corrected chi connectivity index (χ0v) is 55.9. The first-order valence-electron chi connectivity index (χ1n) is 35.0. The summed E-state index contributed by atoms with van der Waals surface area (Å²) < 4.78 is 4.72. The van der Waals surface area contributed by atoms with Crippen molar-refractivity contribution >= 4 is 99.3 Å². The third-order valence-corrected chi connectivity index (χ3v) is 20.8. The van der Waals surface area contributed by atoms with Crippen LogP contribution in [0.15, 0.2) is 340 Å². The summed E-state index contributed by atoms with van der Waals surface area (Å²) in [5, 5.41) is 8.64. The van der Waals surface area contributed by atoms with Gasteiger partial charge in [0.05, 0.1) is 91.8 Å². The number of para-hydroxylation sites is 4. The van der Waals surface area contributed by atoms with E-state index in [0.29, 0.717) is 34.9 Å². The number of pyridine rings is 2. The van der Waals surface area contributed by atoms with E-state index in [4.69, 9.17) is 39.9 Å². The molecule has 2 atom stereocenters. The molecule has 2 aliphatic heterocycles. The van der Waals surface area contributed by atoms with Crippen molar-refractivity contribution in [1.29, 1.82) is 0 Å². The number of hydrogen-bond donors (Lipinski definition) is 0. The molecule has 486 valence electrons. The third-order valence-electron chi connectivity index (χ3n) is 20.8. The van der Waals surface area contributed by atoms with Gasteiger partial charge in [0, 0.05) is 77.7 Å². The van der Waals surface area contributed by atoms with E-state index in [1.54, 1.807) is 0 Å². The lowest BCUT2D eigenvalue weighted by molar-refractivity contribution is 0.827. The number of aromatic nitrogens is 10. The lowest BCUT2D eigenvalue weighted by atomic mass is 9.81. The Kier molecular flexibility index (Phi) is 13.5. The van der Waals surface area contributed by atoms with Crippen LogP contribution in [0.5, 0.6) is 0 Å². The highest BCUT2D eigenvalue weighted by atomic mass is 15.2. The molecule has 13 aromatic carbocycles. The van der Waals surface area contributed by atoms with E-state index >= 15 is 0 Å². The molecular weight excluding hydrogens is 1270 g/mol. The minimum Gasteiger partial charge on any atom is -0.309 e. The van der Waals surface area contributed by atoms with Gasteiger partial charge in [0.1, 0.15) is 11.6 Å². The summed E-state index contributed by atoms with van der Waals surface area (Å²) in [6, 6.07) is 112. The standard InChI is InChI=1S/C92H58N12/c1-5-27-57(28-6-1)87-95-88(58-29-7-2-8-30-58)98-91(97-87)83-69-43-19-23-47-77(69)103(81-53-79-71(51-73(81)83)63-37-17-21-45-75(63)101(79)61-35-25-49-93-55-61)85-65-39-13-15-41-67(65)86(68-42-16-14-40-66(68)85)104-78-48-24-20-44-70(78)84(92-99-89(59-31-9-3-10-32-59)96-90(100-92)60-33-11-4-12-34-60)74-52-72-64-38-18-22-46-76(64)102(80(72)54-82(74)104)62-36-26-50-94-56-62/h1-56,83-84H. The van der Waals surface area contributed by atoms with Crippen LogP contribution in [0.25, 0.3) is 122 Å². The Morgan fingerprint density at radius 1 is 0.231 bits per heavy atom. The van der Waals surface area contributed by atoms with Gasteiger partial charge in [-0.25, -0.2) is 29.9 Å². The molecule has 104 heavy (non-hydrogen) atoms. The largest absolute Gasteiger partial charge is 0.309 e. The minimum atomic E-state index is -0.461. The molecule has 0 fully saturated rings. The molecule has 0 saturated carbocycles. The predicted molar refractivity (Wildman–Crippen MR) is 418 cm³/mol. The molecule has 0 saturated heterocycles. The average molecular weight is 1330 g/mol. The molecule has 0 radical (unpaired) electrons. The van der Waals surface area contributed by atoms with E-state index in [0.717, 1.165) is 155 Å². The zero-order chi connectivity index (χ0) is 68.3. The maximum atomic E-state index is 5.58. The van der Waals surface area contributed by atoms with Gasteiger partial charge < -0.3 is 18.9 Å². The van der Waals surface area contributed by atoms with Crippen LogP contribution >= 0.6 is 0 Å². The van der Waals surface area contributed by atoms with E-state index < -0.39 is 11.8 Å². The highest BCUT2D eigenvalue weighted by Crippen LogP contribution is 2.60. The van der Waals surface area contributed by atoms with Crippen LogP contribution in [0, 0.1) is 0 Å². The minimum absolute atomic E-state index is 0.461. The Labute approximate surface area is 597 Å². The van der Waals surface area contributed by atoms with Crippen LogP contribution in [0.4, 0.5) is 34.1 Å². The lowest BCUT2D eigenvalue weighted by Gasteiger charge is -2.41. The molecule has 0 N–H and O–H groups in total. The molecule has 8 heterocycles. The SMILES string of the molecule is c1ccc(-c2nc(-c3ccccc3)nc(C3c4ccccc4N(c4c5ccccc5c(N5c6ccccc6C(c6nc(-c7ccccc7)nc(-c7ccccc7)n6)c6cc7c8ccccc8n(-c8cccnc8)c7cc65)c5ccccc45)c4cc5c(cc43)c3ccccc3n5-c3cccnc3)n2)cc1. The van der Waals surface area contributed by atoms with E-state index in [1.165, 1.54) is 0 Å². The van der Waals surface area contributed by atoms with Crippen molar-refractivity contribution < 1.29 is 0 Å². The number of rotatable bonds is 10. The summed E-state index contributed by atoms with van der Waals surface area (Å²) in [6.45, 7) is 0.